The number of amides is 4. The van der Waals surface area contributed by atoms with Crippen molar-refractivity contribution in [2.75, 3.05) is 5.43 Å². The Bertz CT molecular complexity index is 1900. The van der Waals surface area contributed by atoms with Crippen LogP contribution in [0.15, 0.2) is 78.4 Å². The maximum Gasteiger partial charge on any atom is 0.573 e. The van der Waals surface area contributed by atoms with E-state index in [0.29, 0.717) is 5.57 Å². The number of benzene rings is 3. The van der Waals surface area contributed by atoms with E-state index in [9.17, 15) is 47.1 Å². The van der Waals surface area contributed by atoms with Gasteiger partial charge in [-0.3, -0.25) is 29.8 Å². The number of ether oxygens (including phenoxy) is 1. The van der Waals surface area contributed by atoms with Gasteiger partial charge in [-0.1, -0.05) is 35.4 Å². The summed E-state index contributed by atoms with van der Waals surface area (Å²) in [5.41, 5.74) is 1.25. The van der Waals surface area contributed by atoms with E-state index in [1.54, 1.807) is 6.08 Å². The number of allylic oxidation sites excluding steroid dienone is 2. The highest BCUT2D eigenvalue weighted by Crippen LogP contribution is 2.65. The molecule has 4 aliphatic rings. The minimum absolute atomic E-state index is 0.0292. The second kappa shape index (κ2) is 11.1. The predicted octanol–water partition coefficient (Wildman–Crippen LogP) is 5.46. The van der Waals surface area contributed by atoms with Crippen LogP contribution in [0.1, 0.15) is 29.9 Å². The van der Waals surface area contributed by atoms with Crippen molar-refractivity contribution in [3.8, 4) is 11.5 Å². The first-order chi connectivity index (χ1) is 22.7. The van der Waals surface area contributed by atoms with Gasteiger partial charge in [0.05, 0.1) is 28.9 Å². The number of rotatable bonds is 5. The molecule has 3 fully saturated rings. The number of alkyl halides is 3. The number of aromatic hydroxyl groups is 1. The van der Waals surface area contributed by atoms with Crippen molar-refractivity contribution >= 4 is 40.9 Å². The summed E-state index contributed by atoms with van der Waals surface area (Å²) in [6.45, 7) is 0. The number of imide groups is 2. The lowest BCUT2D eigenvalue weighted by Crippen LogP contribution is -2.53. The fraction of sp³-hybridized carbons (Fsp3) is 0.273. The van der Waals surface area contributed by atoms with Crippen LogP contribution in [0.4, 0.5) is 23.2 Å². The Morgan fingerprint density at radius 2 is 1.60 bits per heavy atom. The van der Waals surface area contributed by atoms with E-state index < -0.39 is 82.3 Å². The van der Waals surface area contributed by atoms with Crippen LogP contribution in [0.25, 0.3) is 0 Å². The number of phenolic OH excluding ortho intramolecular Hbond substituents is 1. The van der Waals surface area contributed by atoms with E-state index >= 15 is 0 Å². The SMILES string of the molecule is O=C1[C@H]2[C@H](CC=C3[C@H]2C[C@H]2C(=O)N(Nc4ccc(F)cc4)C(=O)[C@@]2(c2ccc(Cl)cc2)[C@H]3c2cc(OC(F)(F)F)ccc2O)C(=O)N1O. The van der Waals surface area contributed by atoms with E-state index in [0.717, 1.165) is 35.3 Å². The van der Waals surface area contributed by atoms with Gasteiger partial charge in [-0.25, -0.2) is 4.39 Å². The highest BCUT2D eigenvalue weighted by atomic mass is 35.5. The average Bonchev–Trinajstić information content (AvgIpc) is 3.39. The van der Waals surface area contributed by atoms with Gasteiger partial charge >= 0.3 is 6.36 Å². The number of carbonyl (C=O) groups is 4. The molecule has 3 aromatic carbocycles. The molecule has 0 radical (unpaired) electrons. The molecule has 3 N–H and O–H groups in total. The Kier molecular flexibility index (Phi) is 7.29. The Balaban J connectivity index is 1.49. The lowest BCUT2D eigenvalue weighted by Gasteiger charge is -2.50. The maximum absolute atomic E-state index is 15.0. The third-order valence-corrected chi connectivity index (χ3v) is 10.0. The van der Waals surface area contributed by atoms with Gasteiger partial charge in [-0.15, -0.1) is 13.2 Å². The molecule has 0 aromatic heterocycles. The zero-order chi connectivity index (χ0) is 34.3. The second-order valence-electron chi connectivity index (χ2n) is 12.1. The van der Waals surface area contributed by atoms with E-state index in [4.69, 9.17) is 11.6 Å². The number of anilines is 1. The highest BCUT2D eigenvalue weighted by molar-refractivity contribution is 6.30. The van der Waals surface area contributed by atoms with Crippen LogP contribution in [0.3, 0.4) is 0 Å². The molecule has 2 aliphatic heterocycles. The molecule has 0 bridgehead atoms. The van der Waals surface area contributed by atoms with Gasteiger partial charge < -0.3 is 9.84 Å². The van der Waals surface area contributed by atoms with E-state index in [2.05, 4.69) is 10.2 Å². The first-order valence-electron chi connectivity index (χ1n) is 14.7. The van der Waals surface area contributed by atoms with Crippen molar-refractivity contribution in [2.45, 2.75) is 30.5 Å². The van der Waals surface area contributed by atoms with Crippen molar-refractivity contribution in [2.24, 2.45) is 23.7 Å². The minimum Gasteiger partial charge on any atom is -0.508 e. The third-order valence-electron chi connectivity index (χ3n) is 9.78. The molecular formula is C33H24ClF4N3O7. The highest BCUT2D eigenvalue weighted by Gasteiger charge is 2.70. The van der Waals surface area contributed by atoms with Gasteiger partial charge in [0.2, 0.25) is 0 Å². The summed E-state index contributed by atoms with van der Waals surface area (Å²) >= 11 is 6.20. The third kappa shape index (κ3) is 4.72. The molecule has 7 rings (SSSR count). The van der Waals surface area contributed by atoms with Crippen molar-refractivity contribution in [3.63, 3.8) is 0 Å². The topological polar surface area (TPSA) is 136 Å². The van der Waals surface area contributed by atoms with Crippen LogP contribution in [0.5, 0.6) is 11.5 Å². The lowest BCUT2D eigenvalue weighted by molar-refractivity contribution is -0.274. The number of phenols is 1. The number of halogens is 5. The van der Waals surface area contributed by atoms with Crippen LogP contribution >= 0.6 is 11.6 Å². The van der Waals surface area contributed by atoms with Crippen LogP contribution in [0, 0.1) is 29.5 Å². The van der Waals surface area contributed by atoms with Crippen molar-refractivity contribution in [3.05, 3.63) is 100 Å². The fourth-order valence-corrected chi connectivity index (χ4v) is 8.07. The zero-order valence-corrected chi connectivity index (χ0v) is 25.2. The second-order valence-corrected chi connectivity index (χ2v) is 12.6. The molecule has 3 aromatic rings. The molecule has 2 saturated heterocycles. The molecule has 15 heteroatoms. The summed E-state index contributed by atoms with van der Waals surface area (Å²) < 4.78 is 58.1. The van der Waals surface area contributed by atoms with Gasteiger partial charge in [0, 0.05) is 16.5 Å². The number of hydrogen-bond acceptors (Lipinski definition) is 8. The lowest BCUT2D eigenvalue weighted by atomic mass is 9.49. The monoisotopic (exact) mass is 685 g/mol. The van der Waals surface area contributed by atoms with Crippen LogP contribution in [0.2, 0.25) is 5.02 Å². The number of hydrogen-bond donors (Lipinski definition) is 3. The molecule has 2 heterocycles. The van der Waals surface area contributed by atoms with E-state index in [1.807, 2.05) is 0 Å². The fourth-order valence-electron chi connectivity index (χ4n) is 7.94. The molecular weight excluding hydrogens is 662 g/mol. The van der Waals surface area contributed by atoms with Gasteiger partial charge in [-0.05, 0) is 78.9 Å². The Hall–Kier alpha value is -4.95. The Morgan fingerprint density at radius 3 is 2.27 bits per heavy atom. The Morgan fingerprint density at radius 1 is 0.917 bits per heavy atom. The summed E-state index contributed by atoms with van der Waals surface area (Å²) in [5, 5.41) is 22.6. The zero-order valence-electron chi connectivity index (χ0n) is 24.4. The van der Waals surface area contributed by atoms with Crippen molar-refractivity contribution in [1.29, 1.82) is 0 Å². The summed E-state index contributed by atoms with van der Waals surface area (Å²) in [5.74, 6) is -11.1. The first-order valence-corrected chi connectivity index (χ1v) is 15.1. The van der Waals surface area contributed by atoms with Crippen molar-refractivity contribution < 1.29 is 51.8 Å². The molecule has 248 valence electrons. The molecule has 2 aliphatic carbocycles. The summed E-state index contributed by atoms with van der Waals surface area (Å²) in [7, 11) is 0. The average molecular weight is 686 g/mol. The van der Waals surface area contributed by atoms with Gasteiger partial charge in [-0.2, -0.15) is 10.1 Å². The number of hydroxylamine groups is 2. The molecule has 1 saturated carbocycles. The summed E-state index contributed by atoms with van der Waals surface area (Å²) in [6.07, 6.45) is -3.80. The molecule has 4 amide bonds. The molecule has 48 heavy (non-hydrogen) atoms. The molecule has 0 spiro atoms. The van der Waals surface area contributed by atoms with Crippen LogP contribution in [-0.4, -0.2) is 50.4 Å². The summed E-state index contributed by atoms with van der Waals surface area (Å²) in [6, 6.07) is 13.5. The van der Waals surface area contributed by atoms with Gasteiger partial charge in [0.25, 0.3) is 23.6 Å². The number of nitrogens with one attached hydrogen (secondary N) is 1. The van der Waals surface area contributed by atoms with E-state index in [1.165, 1.54) is 36.4 Å². The number of nitrogens with zero attached hydrogens (tertiary/aromatic N) is 2. The van der Waals surface area contributed by atoms with Crippen LogP contribution in [-0.2, 0) is 24.6 Å². The van der Waals surface area contributed by atoms with Gasteiger partial charge in [0.1, 0.15) is 17.3 Å². The first kappa shape index (κ1) is 31.6. The summed E-state index contributed by atoms with van der Waals surface area (Å²) in [4.78, 5) is 55.5. The van der Waals surface area contributed by atoms with Gasteiger partial charge in [0.15, 0.2) is 0 Å². The minimum atomic E-state index is -5.12. The number of hydrazine groups is 1. The quantitative estimate of drug-likeness (QED) is 0.140. The Labute approximate surface area is 274 Å². The van der Waals surface area contributed by atoms with E-state index in [-0.39, 0.29) is 39.7 Å². The van der Waals surface area contributed by atoms with Crippen LogP contribution < -0.4 is 10.2 Å². The molecule has 10 nitrogen and oxygen atoms in total. The number of fused-ring (bicyclic) bond motifs is 4. The normalized spacial score (nSPS) is 28.2. The smallest absolute Gasteiger partial charge is 0.508 e. The predicted molar refractivity (Wildman–Crippen MR) is 157 cm³/mol. The standard InChI is InChI=1S/C33H24ClF4N3O7/c34-16-3-1-15(2-4-16)32-24(29(44)40(31(32)46)39-18-7-5-17(35)6-8-18)14-22-20(10-11-21-26(22)30(45)41(47)28(21)43)27(32)23-13-19(9-12-25(23)42)48-33(36,37)38/h1-10,12-13,21-22,24,26-27,39,42,47H,11,14H2/t21-,22+,24-,26-,27+,32+/m0/s1. The maximum atomic E-state index is 15.0. The van der Waals surface area contributed by atoms with Crippen molar-refractivity contribution in [1.82, 2.24) is 10.1 Å². The number of carbonyl (C=O) groups excluding carboxylic acids is 4. The largest absolute Gasteiger partial charge is 0.573 e. The molecule has 6 atom stereocenters. The molecule has 0 unspecified atom stereocenters.